The molecule has 0 saturated heterocycles. The van der Waals surface area contributed by atoms with E-state index >= 15 is 0 Å². The highest BCUT2D eigenvalue weighted by Gasteiger charge is 2.16. The van der Waals surface area contributed by atoms with E-state index in [4.69, 9.17) is 0 Å². The predicted molar refractivity (Wildman–Crippen MR) is 66.4 cm³/mol. The van der Waals surface area contributed by atoms with Crippen LogP contribution in [-0.2, 0) is 0 Å². The lowest BCUT2D eigenvalue weighted by Gasteiger charge is -2.24. The minimum atomic E-state index is 0.708. The van der Waals surface area contributed by atoms with E-state index in [-0.39, 0.29) is 0 Å². The maximum Gasteiger partial charge on any atom is -0.0206 e. The van der Waals surface area contributed by atoms with E-state index in [1.807, 2.05) is 6.08 Å². The minimum Gasteiger partial charge on any atom is -0.103 e. The van der Waals surface area contributed by atoms with Crippen LogP contribution in [0.25, 0.3) is 0 Å². The fourth-order valence-corrected chi connectivity index (χ4v) is 1.61. The predicted octanol–water partition coefficient (Wildman–Crippen LogP) is 4.83. The zero-order chi connectivity index (χ0) is 11.1. The second-order valence-electron chi connectivity index (χ2n) is 4.71. The van der Waals surface area contributed by atoms with Gasteiger partial charge in [-0.25, -0.2) is 0 Å². The molecule has 0 aliphatic heterocycles. The molecule has 0 rings (SSSR count). The van der Waals surface area contributed by atoms with Gasteiger partial charge in [-0.15, -0.1) is 6.58 Å². The van der Waals surface area contributed by atoms with E-state index in [1.54, 1.807) is 0 Å². The van der Waals surface area contributed by atoms with Gasteiger partial charge < -0.3 is 0 Å². The Balaban J connectivity index is 4.15. The Morgan fingerprint density at radius 3 is 2.14 bits per heavy atom. The van der Waals surface area contributed by atoms with Gasteiger partial charge in [-0.05, 0) is 37.5 Å². The quantitative estimate of drug-likeness (QED) is 0.420. The number of rotatable bonds is 6. The van der Waals surface area contributed by atoms with Crippen LogP contribution in [0.5, 0.6) is 0 Å². The molecular weight excluding hydrogens is 168 g/mol. The Morgan fingerprint density at radius 1 is 1.14 bits per heavy atom. The van der Waals surface area contributed by atoms with Crippen LogP contribution in [0.2, 0.25) is 0 Å². The number of hydrogen-bond acceptors (Lipinski definition) is 0. The number of unbranched alkanes of at least 4 members (excludes halogenated alkanes) is 1. The molecule has 0 aliphatic carbocycles. The molecule has 82 valence electrons. The average Bonchev–Trinajstić information content (AvgIpc) is 2.15. The van der Waals surface area contributed by atoms with Gasteiger partial charge >= 0.3 is 0 Å². The normalized spacial score (nSPS) is 16.9. The summed E-state index contributed by atoms with van der Waals surface area (Å²) in [5, 5.41) is 0. The second kappa shape index (κ2) is 6.86. The van der Waals surface area contributed by atoms with Gasteiger partial charge in [-0.1, -0.05) is 45.4 Å². The summed E-state index contributed by atoms with van der Waals surface area (Å²) in [7, 11) is 0. The first-order valence-electron chi connectivity index (χ1n) is 5.78. The topological polar surface area (TPSA) is 0 Å². The highest BCUT2D eigenvalue weighted by molar-refractivity contribution is 5.04. The summed E-state index contributed by atoms with van der Waals surface area (Å²) in [5.74, 6) is 2.25. The van der Waals surface area contributed by atoms with Crippen molar-refractivity contribution in [3.8, 4) is 0 Å². The van der Waals surface area contributed by atoms with Gasteiger partial charge in [-0.3, -0.25) is 0 Å². The maximum absolute atomic E-state index is 3.74. The largest absolute Gasteiger partial charge is 0.103 e. The highest BCUT2D eigenvalue weighted by Crippen LogP contribution is 2.26. The first kappa shape index (κ1) is 13.5. The van der Waals surface area contributed by atoms with Crippen LogP contribution >= 0.6 is 0 Å². The van der Waals surface area contributed by atoms with Crippen LogP contribution in [0.4, 0.5) is 0 Å². The van der Waals surface area contributed by atoms with Crippen LogP contribution in [0.3, 0.4) is 0 Å². The monoisotopic (exact) mass is 194 g/mol. The third-order valence-corrected chi connectivity index (χ3v) is 3.40. The van der Waals surface area contributed by atoms with Crippen molar-refractivity contribution in [3.63, 3.8) is 0 Å². The van der Waals surface area contributed by atoms with Gasteiger partial charge in [0, 0.05) is 0 Å². The second-order valence-corrected chi connectivity index (χ2v) is 4.71. The first-order chi connectivity index (χ1) is 6.50. The Bertz CT molecular complexity index is 186. The molecule has 0 nitrogen and oxygen atoms in total. The Kier molecular flexibility index (Phi) is 6.61. The SMILES string of the molecule is C=CCCC=C(C)C(C)C(C)C(C)C. The highest BCUT2D eigenvalue weighted by atomic mass is 14.2. The van der Waals surface area contributed by atoms with Gasteiger partial charge in [0.15, 0.2) is 0 Å². The van der Waals surface area contributed by atoms with Gasteiger partial charge in [0.2, 0.25) is 0 Å². The standard InChI is InChI=1S/C14H26/c1-7-8-9-10-12(4)14(6)13(5)11(2)3/h7,10-11,13-14H,1,8-9H2,2-6H3. The summed E-state index contributed by atoms with van der Waals surface area (Å²) in [6, 6.07) is 0. The summed E-state index contributed by atoms with van der Waals surface area (Å²) >= 11 is 0. The van der Waals surface area contributed by atoms with E-state index in [9.17, 15) is 0 Å². The van der Waals surface area contributed by atoms with Crippen molar-refractivity contribution in [1.29, 1.82) is 0 Å². The third kappa shape index (κ3) is 4.64. The van der Waals surface area contributed by atoms with E-state index < -0.39 is 0 Å². The molecule has 0 aromatic heterocycles. The van der Waals surface area contributed by atoms with Crippen molar-refractivity contribution < 1.29 is 0 Å². The summed E-state index contributed by atoms with van der Waals surface area (Å²) in [5.41, 5.74) is 1.54. The van der Waals surface area contributed by atoms with Crippen molar-refractivity contribution in [2.45, 2.75) is 47.5 Å². The van der Waals surface area contributed by atoms with E-state index in [1.165, 1.54) is 5.57 Å². The smallest absolute Gasteiger partial charge is 0.0206 e. The fourth-order valence-electron chi connectivity index (χ4n) is 1.61. The molecule has 0 aliphatic rings. The zero-order valence-electron chi connectivity index (χ0n) is 10.5. The van der Waals surface area contributed by atoms with Crippen molar-refractivity contribution in [1.82, 2.24) is 0 Å². The molecule has 0 bridgehead atoms. The van der Waals surface area contributed by atoms with Crippen molar-refractivity contribution in [3.05, 3.63) is 24.3 Å². The molecule has 0 heterocycles. The molecular formula is C14H26. The Morgan fingerprint density at radius 2 is 1.71 bits per heavy atom. The molecule has 2 atom stereocenters. The van der Waals surface area contributed by atoms with E-state index in [0.29, 0.717) is 5.92 Å². The number of allylic oxidation sites excluding steroid dienone is 3. The Labute approximate surface area is 90.1 Å². The maximum atomic E-state index is 3.74. The molecule has 0 radical (unpaired) electrons. The lowest BCUT2D eigenvalue weighted by atomic mass is 9.82. The molecule has 2 unspecified atom stereocenters. The van der Waals surface area contributed by atoms with Crippen LogP contribution in [0.1, 0.15) is 47.5 Å². The third-order valence-electron chi connectivity index (χ3n) is 3.40. The lowest BCUT2D eigenvalue weighted by molar-refractivity contribution is 0.330. The molecule has 14 heavy (non-hydrogen) atoms. The zero-order valence-corrected chi connectivity index (χ0v) is 10.5. The Hall–Kier alpha value is -0.520. The van der Waals surface area contributed by atoms with Crippen LogP contribution < -0.4 is 0 Å². The average molecular weight is 194 g/mol. The first-order valence-corrected chi connectivity index (χ1v) is 5.78. The van der Waals surface area contributed by atoms with Gasteiger partial charge in [0.05, 0.1) is 0 Å². The minimum absolute atomic E-state index is 0.708. The van der Waals surface area contributed by atoms with Crippen LogP contribution in [0, 0.1) is 17.8 Å². The fraction of sp³-hybridized carbons (Fsp3) is 0.714. The van der Waals surface area contributed by atoms with Crippen LogP contribution in [-0.4, -0.2) is 0 Å². The van der Waals surface area contributed by atoms with Crippen molar-refractivity contribution in [2.24, 2.45) is 17.8 Å². The summed E-state index contributed by atoms with van der Waals surface area (Å²) in [6.07, 6.45) is 6.59. The molecule has 0 spiro atoms. The number of hydrogen-bond donors (Lipinski definition) is 0. The molecule has 0 aromatic rings. The summed E-state index contributed by atoms with van der Waals surface area (Å²) in [6.45, 7) is 15.3. The summed E-state index contributed by atoms with van der Waals surface area (Å²) in [4.78, 5) is 0. The molecule has 0 N–H and O–H groups in total. The molecule has 0 saturated carbocycles. The van der Waals surface area contributed by atoms with Crippen molar-refractivity contribution >= 4 is 0 Å². The van der Waals surface area contributed by atoms with E-state index in [0.717, 1.165) is 24.7 Å². The van der Waals surface area contributed by atoms with Gasteiger partial charge in [0.1, 0.15) is 0 Å². The molecule has 0 amide bonds. The molecule has 0 heteroatoms. The molecule has 0 aromatic carbocycles. The van der Waals surface area contributed by atoms with Gasteiger partial charge in [-0.2, -0.15) is 0 Å². The summed E-state index contributed by atoms with van der Waals surface area (Å²) < 4.78 is 0. The molecule has 0 fully saturated rings. The van der Waals surface area contributed by atoms with E-state index in [2.05, 4.69) is 47.3 Å². The van der Waals surface area contributed by atoms with Gasteiger partial charge in [0.25, 0.3) is 0 Å². The lowest BCUT2D eigenvalue weighted by Crippen LogP contribution is -2.15. The van der Waals surface area contributed by atoms with Crippen LogP contribution in [0.15, 0.2) is 24.3 Å². The van der Waals surface area contributed by atoms with Crippen molar-refractivity contribution in [2.75, 3.05) is 0 Å².